The van der Waals surface area contributed by atoms with Gasteiger partial charge >= 0.3 is 0 Å². The second-order valence-corrected chi connectivity index (χ2v) is 17.4. The highest BCUT2D eigenvalue weighted by molar-refractivity contribution is 6.74. The minimum absolute atomic E-state index is 0.643. The lowest BCUT2D eigenvalue weighted by molar-refractivity contribution is 0.104. The van der Waals surface area contributed by atoms with Crippen LogP contribution in [0.5, 0.6) is 0 Å². The average Bonchev–Trinajstić information content (AvgIpc) is 2.78. The van der Waals surface area contributed by atoms with Crippen molar-refractivity contribution < 1.29 is 4.43 Å². The smallest absolute Gasteiger partial charge is 0.192 e. The predicted molar refractivity (Wildman–Crippen MR) is 153 cm³/mol. The van der Waals surface area contributed by atoms with Crippen LogP contribution in [0.3, 0.4) is 0 Å². The third-order valence-electron chi connectivity index (χ3n) is 11.1. The van der Waals surface area contributed by atoms with Crippen LogP contribution in [0.4, 0.5) is 0 Å². The Hall–Kier alpha value is 0.137. The minimum atomic E-state index is -1.94. The number of hydrogen-bond donors (Lipinski definition) is 1. The molecule has 0 bridgehead atoms. The van der Waals surface area contributed by atoms with Crippen molar-refractivity contribution in [1.29, 1.82) is 0 Å². The van der Waals surface area contributed by atoms with Gasteiger partial charge in [0.05, 0.1) is 0 Å². The number of nitrogens with two attached hydrogens (primary N) is 1. The first-order chi connectivity index (χ1) is 15.1. The molecule has 0 aliphatic carbocycles. The second-order valence-electron chi connectivity index (χ2n) is 13.2. The summed E-state index contributed by atoms with van der Waals surface area (Å²) >= 11 is 0. The van der Waals surface area contributed by atoms with Gasteiger partial charge in [-0.25, -0.2) is 0 Å². The molecule has 200 valence electrons. The van der Waals surface area contributed by atoms with Gasteiger partial charge in [0, 0.05) is 7.11 Å². The van der Waals surface area contributed by atoms with E-state index >= 15 is 0 Å². The maximum atomic E-state index is 6.54. The molecule has 0 saturated heterocycles. The summed E-state index contributed by atoms with van der Waals surface area (Å²) in [6.07, 6.45) is 1.09. The molecular weight excluding hydrogens is 418 g/mol. The maximum absolute atomic E-state index is 6.54. The summed E-state index contributed by atoms with van der Waals surface area (Å²) in [6.45, 7) is 35.4. The summed E-state index contributed by atoms with van der Waals surface area (Å²) in [4.78, 5) is 0. The van der Waals surface area contributed by atoms with Crippen LogP contribution in [-0.4, -0.2) is 22.0 Å². The van der Waals surface area contributed by atoms with E-state index in [1.54, 1.807) is 0 Å². The molecule has 0 fully saturated rings. The molecule has 0 amide bonds. The van der Waals surface area contributed by atoms with Gasteiger partial charge in [-0.2, -0.15) is 0 Å². The molecule has 0 saturated carbocycles. The molecular formula is C30H65NOSi. The monoisotopic (exact) mass is 483 g/mol. The first-order valence-corrected chi connectivity index (χ1v) is 17.0. The Labute approximate surface area is 211 Å². The highest BCUT2D eigenvalue weighted by Gasteiger charge is 2.48. The Morgan fingerprint density at radius 2 is 0.848 bits per heavy atom. The van der Waals surface area contributed by atoms with E-state index in [9.17, 15) is 0 Å². The molecule has 0 radical (unpaired) electrons. The van der Waals surface area contributed by atoms with Gasteiger partial charge in [-0.1, -0.05) is 90.0 Å². The fourth-order valence-electron chi connectivity index (χ4n) is 6.71. The van der Waals surface area contributed by atoms with Crippen molar-refractivity contribution in [3.05, 3.63) is 0 Å². The van der Waals surface area contributed by atoms with Crippen LogP contribution in [0, 0.1) is 65.1 Å². The molecule has 0 aliphatic rings. The Bertz CT molecular complexity index is 523. The van der Waals surface area contributed by atoms with Crippen LogP contribution < -0.4 is 5.73 Å². The van der Waals surface area contributed by atoms with Crippen LogP contribution in [-0.2, 0) is 4.43 Å². The topological polar surface area (TPSA) is 35.2 Å². The van der Waals surface area contributed by atoms with E-state index in [2.05, 4.69) is 96.6 Å². The minimum Gasteiger partial charge on any atom is -0.420 e. The molecule has 33 heavy (non-hydrogen) atoms. The molecule has 11 unspecified atom stereocenters. The molecule has 3 heteroatoms. The Morgan fingerprint density at radius 1 is 0.545 bits per heavy atom. The molecule has 0 heterocycles. The fourth-order valence-corrected chi connectivity index (χ4v) is 11.3. The molecule has 2 nitrogen and oxygen atoms in total. The van der Waals surface area contributed by atoms with E-state index in [0.717, 1.165) is 42.6 Å². The molecule has 0 aromatic carbocycles. The lowest BCUT2D eigenvalue weighted by Crippen LogP contribution is -2.49. The third-order valence-corrected chi connectivity index (χ3v) is 15.8. The van der Waals surface area contributed by atoms with Crippen molar-refractivity contribution >= 4 is 8.32 Å². The van der Waals surface area contributed by atoms with E-state index in [0.29, 0.717) is 41.0 Å². The van der Waals surface area contributed by atoms with Crippen LogP contribution in [0.2, 0.25) is 18.1 Å². The van der Waals surface area contributed by atoms with Crippen LogP contribution in [0.1, 0.15) is 96.4 Å². The Kier molecular flexibility index (Phi) is 14.7. The van der Waals surface area contributed by atoms with Gasteiger partial charge in [0.15, 0.2) is 8.32 Å². The van der Waals surface area contributed by atoms with Crippen LogP contribution >= 0.6 is 0 Å². The summed E-state index contributed by atoms with van der Waals surface area (Å²) in [5.41, 5.74) is 6.64. The predicted octanol–water partition coefficient (Wildman–Crippen LogP) is 8.96. The molecule has 2 N–H and O–H groups in total. The van der Waals surface area contributed by atoms with Gasteiger partial charge < -0.3 is 10.2 Å². The van der Waals surface area contributed by atoms with Crippen molar-refractivity contribution in [2.45, 2.75) is 115 Å². The summed E-state index contributed by atoms with van der Waals surface area (Å²) in [5.74, 6) is 7.77. The maximum Gasteiger partial charge on any atom is 0.192 e. The van der Waals surface area contributed by atoms with Gasteiger partial charge in [-0.3, -0.25) is 0 Å². The summed E-state index contributed by atoms with van der Waals surface area (Å²) in [6, 6.07) is 1.18. The zero-order chi connectivity index (χ0) is 26.3. The van der Waals surface area contributed by atoms with Gasteiger partial charge in [-0.15, -0.1) is 0 Å². The van der Waals surface area contributed by atoms with Crippen molar-refractivity contribution in [2.24, 2.45) is 70.8 Å². The van der Waals surface area contributed by atoms with Crippen LogP contribution in [0.25, 0.3) is 0 Å². The molecule has 0 aliphatic heterocycles. The van der Waals surface area contributed by atoms with E-state index in [1.165, 1.54) is 6.04 Å². The van der Waals surface area contributed by atoms with Gasteiger partial charge in [0.25, 0.3) is 0 Å². The Balaban J connectivity index is 6.15. The second kappa shape index (κ2) is 14.6. The average molecular weight is 484 g/mol. The first-order valence-electron chi connectivity index (χ1n) is 14.3. The molecule has 0 spiro atoms. The van der Waals surface area contributed by atoms with Gasteiger partial charge in [0.2, 0.25) is 0 Å². The van der Waals surface area contributed by atoms with E-state index < -0.39 is 8.32 Å². The van der Waals surface area contributed by atoms with Crippen LogP contribution in [0.15, 0.2) is 0 Å². The zero-order valence-electron chi connectivity index (χ0n) is 25.5. The van der Waals surface area contributed by atoms with Crippen molar-refractivity contribution in [3.63, 3.8) is 0 Å². The fraction of sp³-hybridized carbons (Fsp3) is 1.00. The zero-order valence-corrected chi connectivity index (χ0v) is 26.5. The third kappa shape index (κ3) is 8.64. The standard InChI is InChI=1S/C30H65NOSi/c1-19(2)21(5)23(7)25(9)27(11)29(13)30(33(15,32-14)18-16-17-31)28(12)26(10)24(8)22(6)20(3)4/h19-30H,16-18,31H2,1-15H3. The van der Waals surface area contributed by atoms with E-state index in [1.807, 2.05) is 7.11 Å². The molecule has 0 aromatic heterocycles. The first kappa shape index (κ1) is 33.1. The van der Waals surface area contributed by atoms with Crippen molar-refractivity contribution in [1.82, 2.24) is 0 Å². The summed E-state index contributed by atoms with van der Waals surface area (Å²) < 4.78 is 6.54. The van der Waals surface area contributed by atoms with E-state index in [4.69, 9.17) is 10.2 Å². The normalized spacial score (nSPS) is 23.8. The highest BCUT2D eigenvalue weighted by atomic mass is 28.4. The number of hydrogen-bond acceptors (Lipinski definition) is 2. The summed E-state index contributed by atoms with van der Waals surface area (Å²) in [5, 5.41) is 0. The molecule has 11 atom stereocenters. The Morgan fingerprint density at radius 3 is 1.12 bits per heavy atom. The SMILES string of the molecule is CO[Si](C)(CCCN)C(C(C)C(C)C(C)C(C)C(C)C)C(C)C(C)C(C)C(C)C(C)C(C)C. The largest absolute Gasteiger partial charge is 0.420 e. The highest BCUT2D eigenvalue weighted by Crippen LogP contribution is 2.50. The number of rotatable bonds is 16. The van der Waals surface area contributed by atoms with Gasteiger partial charge in [-0.05, 0) is 96.2 Å². The van der Waals surface area contributed by atoms with Crippen molar-refractivity contribution in [3.8, 4) is 0 Å². The van der Waals surface area contributed by atoms with Gasteiger partial charge in [0.1, 0.15) is 0 Å². The van der Waals surface area contributed by atoms with Crippen molar-refractivity contribution in [2.75, 3.05) is 13.7 Å². The lowest BCUT2D eigenvalue weighted by atomic mass is 9.67. The molecule has 0 rings (SSSR count). The molecule has 0 aromatic rings. The van der Waals surface area contributed by atoms with E-state index in [-0.39, 0.29) is 0 Å². The summed E-state index contributed by atoms with van der Waals surface area (Å²) in [7, 11) is 0.0546. The lowest BCUT2D eigenvalue weighted by Gasteiger charge is -2.48. The quantitative estimate of drug-likeness (QED) is 0.222.